The van der Waals surface area contributed by atoms with E-state index in [-0.39, 0.29) is 0 Å². The molecule has 6 heteroatoms. The van der Waals surface area contributed by atoms with Crippen LogP contribution in [0.15, 0.2) is 4.99 Å². The Kier molecular flexibility index (Phi) is 12.8. The van der Waals surface area contributed by atoms with E-state index in [1.165, 1.54) is 32.1 Å². The number of methoxy groups -OCH3 is 1. The lowest BCUT2D eigenvalue weighted by Gasteiger charge is -2.31. The predicted octanol–water partition coefficient (Wildman–Crippen LogP) is 1.86. The van der Waals surface area contributed by atoms with Gasteiger partial charge in [0.05, 0.1) is 13.2 Å². The van der Waals surface area contributed by atoms with Gasteiger partial charge in [-0.2, -0.15) is 0 Å². The van der Waals surface area contributed by atoms with E-state index in [0.717, 1.165) is 51.2 Å². The van der Waals surface area contributed by atoms with E-state index < -0.39 is 0 Å². The zero-order chi connectivity index (χ0) is 17.5. The number of likely N-dealkylation sites (N-methyl/N-ethyl adjacent to an activating group) is 1. The van der Waals surface area contributed by atoms with E-state index in [2.05, 4.69) is 34.5 Å². The summed E-state index contributed by atoms with van der Waals surface area (Å²) >= 11 is 0. The molecular formula is C18H38N4O2. The van der Waals surface area contributed by atoms with Crippen LogP contribution in [0.4, 0.5) is 0 Å². The van der Waals surface area contributed by atoms with Gasteiger partial charge in [-0.25, -0.2) is 0 Å². The fraction of sp³-hybridized carbons (Fsp3) is 0.944. The number of aliphatic imine (C=N–C) groups is 1. The summed E-state index contributed by atoms with van der Waals surface area (Å²) in [5.74, 6) is 0.909. The second kappa shape index (κ2) is 14.5. The summed E-state index contributed by atoms with van der Waals surface area (Å²) < 4.78 is 10.4. The minimum absolute atomic E-state index is 0.655. The number of hydrogen-bond acceptors (Lipinski definition) is 4. The van der Waals surface area contributed by atoms with E-state index in [1.807, 2.05) is 0 Å². The summed E-state index contributed by atoms with van der Waals surface area (Å²) in [6.45, 7) is 7.80. The monoisotopic (exact) mass is 342 g/mol. The van der Waals surface area contributed by atoms with Gasteiger partial charge in [0.1, 0.15) is 0 Å². The third-order valence-corrected chi connectivity index (χ3v) is 4.45. The molecule has 24 heavy (non-hydrogen) atoms. The maximum Gasteiger partial charge on any atom is 0.191 e. The van der Waals surface area contributed by atoms with E-state index in [0.29, 0.717) is 13.2 Å². The van der Waals surface area contributed by atoms with Crippen molar-refractivity contribution in [2.24, 2.45) is 4.99 Å². The van der Waals surface area contributed by atoms with Crippen molar-refractivity contribution in [1.29, 1.82) is 0 Å². The quantitative estimate of drug-likeness (QED) is 0.322. The predicted molar refractivity (Wildman–Crippen MR) is 101 cm³/mol. The largest absolute Gasteiger partial charge is 0.382 e. The molecule has 1 rings (SSSR count). The molecule has 0 aliphatic heterocycles. The maximum absolute atomic E-state index is 5.45. The van der Waals surface area contributed by atoms with Crippen LogP contribution in [0.2, 0.25) is 0 Å². The molecule has 0 spiro atoms. The van der Waals surface area contributed by atoms with Crippen molar-refractivity contribution >= 4 is 5.96 Å². The van der Waals surface area contributed by atoms with Crippen LogP contribution in [-0.4, -0.2) is 77.1 Å². The molecule has 142 valence electrons. The van der Waals surface area contributed by atoms with Crippen molar-refractivity contribution in [2.45, 2.75) is 51.5 Å². The van der Waals surface area contributed by atoms with Gasteiger partial charge in [-0.1, -0.05) is 19.3 Å². The van der Waals surface area contributed by atoms with Gasteiger partial charge in [-0.05, 0) is 33.2 Å². The van der Waals surface area contributed by atoms with Gasteiger partial charge in [0.15, 0.2) is 5.96 Å². The van der Waals surface area contributed by atoms with Crippen LogP contribution >= 0.6 is 0 Å². The molecular weight excluding hydrogens is 304 g/mol. The van der Waals surface area contributed by atoms with Crippen molar-refractivity contribution < 1.29 is 9.47 Å². The highest BCUT2D eigenvalue weighted by atomic mass is 16.5. The second-order valence-electron chi connectivity index (χ2n) is 6.42. The molecule has 0 aromatic heterocycles. The lowest BCUT2D eigenvalue weighted by Crippen LogP contribution is -2.43. The molecule has 1 saturated carbocycles. The van der Waals surface area contributed by atoms with Crippen molar-refractivity contribution in [3.63, 3.8) is 0 Å². The standard InChI is InChI=1S/C18H38N4O2/c1-4-19-18(20-11-8-14-24-16-15-23-3)21-12-13-22(2)17-9-6-5-7-10-17/h17H,4-16H2,1-3H3,(H2,19,20,21). The van der Waals surface area contributed by atoms with Gasteiger partial charge in [0.25, 0.3) is 0 Å². The number of nitrogens with one attached hydrogen (secondary N) is 2. The Hall–Kier alpha value is -0.850. The Morgan fingerprint density at radius 3 is 2.62 bits per heavy atom. The Morgan fingerprint density at radius 2 is 1.92 bits per heavy atom. The molecule has 0 aromatic rings. The second-order valence-corrected chi connectivity index (χ2v) is 6.42. The van der Waals surface area contributed by atoms with E-state index >= 15 is 0 Å². The Bertz CT molecular complexity index is 320. The fourth-order valence-corrected chi connectivity index (χ4v) is 3.00. The van der Waals surface area contributed by atoms with Gasteiger partial charge in [-0.3, -0.25) is 4.99 Å². The smallest absolute Gasteiger partial charge is 0.191 e. The third-order valence-electron chi connectivity index (χ3n) is 4.45. The van der Waals surface area contributed by atoms with Gasteiger partial charge in [0.2, 0.25) is 0 Å². The lowest BCUT2D eigenvalue weighted by molar-refractivity contribution is 0.0702. The molecule has 2 N–H and O–H groups in total. The molecule has 0 amide bonds. The van der Waals surface area contributed by atoms with E-state index in [4.69, 9.17) is 9.47 Å². The number of hydrogen-bond donors (Lipinski definition) is 2. The van der Waals surface area contributed by atoms with Crippen LogP contribution in [0.3, 0.4) is 0 Å². The van der Waals surface area contributed by atoms with E-state index in [9.17, 15) is 0 Å². The summed E-state index contributed by atoms with van der Waals surface area (Å²) in [4.78, 5) is 7.10. The number of ether oxygens (including phenoxy) is 2. The van der Waals surface area contributed by atoms with Crippen molar-refractivity contribution in [3.05, 3.63) is 0 Å². The summed E-state index contributed by atoms with van der Waals surface area (Å²) in [5, 5.41) is 6.74. The third kappa shape index (κ3) is 10.1. The Labute approximate surface area is 148 Å². The highest BCUT2D eigenvalue weighted by molar-refractivity contribution is 5.79. The van der Waals surface area contributed by atoms with Crippen molar-refractivity contribution in [3.8, 4) is 0 Å². The van der Waals surface area contributed by atoms with E-state index in [1.54, 1.807) is 7.11 Å². The minimum atomic E-state index is 0.655. The summed E-state index contributed by atoms with van der Waals surface area (Å²) in [5.41, 5.74) is 0. The van der Waals surface area contributed by atoms with Gasteiger partial charge >= 0.3 is 0 Å². The van der Waals surface area contributed by atoms with Crippen LogP contribution < -0.4 is 10.6 Å². The molecule has 6 nitrogen and oxygen atoms in total. The molecule has 1 fully saturated rings. The van der Waals surface area contributed by atoms with Crippen molar-refractivity contribution in [2.75, 3.05) is 60.2 Å². The first-order chi connectivity index (χ1) is 11.8. The topological polar surface area (TPSA) is 58.1 Å². The van der Waals surface area contributed by atoms with Gasteiger partial charge in [-0.15, -0.1) is 0 Å². The number of rotatable bonds is 12. The van der Waals surface area contributed by atoms with Crippen LogP contribution in [0.5, 0.6) is 0 Å². The SMILES string of the molecule is CCNC(=NCCCOCCOC)NCCN(C)C1CCCCC1. The normalized spacial score (nSPS) is 16.6. The minimum Gasteiger partial charge on any atom is -0.382 e. The van der Waals surface area contributed by atoms with Gasteiger partial charge in [0, 0.05) is 45.9 Å². The molecule has 0 bridgehead atoms. The number of guanidine groups is 1. The fourth-order valence-electron chi connectivity index (χ4n) is 3.00. The zero-order valence-electron chi connectivity index (χ0n) is 16.0. The summed E-state index contributed by atoms with van der Waals surface area (Å²) in [6, 6.07) is 0.768. The Balaban J connectivity index is 2.15. The lowest BCUT2D eigenvalue weighted by atomic mass is 9.94. The average Bonchev–Trinajstić information content (AvgIpc) is 2.61. The average molecular weight is 343 g/mol. The molecule has 0 aromatic carbocycles. The first-order valence-electron chi connectivity index (χ1n) is 9.57. The van der Waals surface area contributed by atoms with Crippen LogP contribution in [0.1, 0.15) is 45.4 Å². The van der Waals surface area contributed by atoms with Crippen LogP contribution in [0.25, 0.3) is 0 Å². The highest BCUT2D eigenvalue weighted by Gasteiger charge is 2.17. The molecule has 1 aliphatic rings. The molecule has 0 unspecified atom stereocenters. The molecule has 0 atom stereocenters. The number of nitrogens with zero attached hydrogens (tertiary/aromatic N) is 2. The molecule has 1 aliphatic carbocycles. The maximum atomic E-state index is 5.45. The Morgan fingerprint density at radius 1 is 1.12 bits per heavy atom. The molecule has 0 radical (unpaired) electrons. The zero-order valence-corrected chi connectivity index (χ0v) is 16.0. The van der Waals surface area contributed by atoms with Crippen LogP contribution in [-0.2, 0) is 9.47 Å². The first kappa shape index (κ1) is 21.2. The van der Waals surface area contributed by atoms with Crippen molar-refractivity contribution in [1.82, 2.24) is 15.5 Å². The summed E-state index contributed by atoms with van der Waals surface area (Å²) in [7, 11) is 3.94. The van der Waals surface area contributed by atoms with Gasteiger partial charge < -0.3 is 25.0 Å². The molecule has 0 saturated heterocycles. The first-order valence-corrected chi connectivity index (χ1v) is 9.57. The summed E-state index contributed by atoms with van der Waals surface area (Å²) in [6.07, 6.45) is 7.83. The molecule has 0 heterocycles. The highest BCUT2D eigenvalue weighted by Crippen LogP contribution is 2.21. The van der Waals surface area contributed by atoms with Crippen LogP contribution in [0, 0.1) is 0 Å².